The summed E-state index contributed by atoms with van der Waals surface area (Å²) in [5, 5.41) is 9.59. The van der Waals surface area contributed by atoms with Crippen LogP contribution >= 0.6 is 0 Å². The summed E-state index contributed by atoms with van der Waals surface area (Å²) < 4.78 is 22.0. The van der Waals surface area contributed by atoms with Crippen LogP contribution in [0, 0.1) is 11.3 Å². The number of methoxy groups -OCH3 is 2. The highest BCUT2D eigenvalue weighted by atomic mass is 16.5. The number of nitriles is 1. The minimum Gasteiger partial charge on any atom is -0.494 e. The Morgan fingerprint density at radius 3 is 2.42 bits per heavy atom. The smallest absolute Gasteiger partial charge is 0.253 e. The lowest BCUT2D eigenvalue weighted by Gasteiger charge is -2.34. The van der Waals surface area contributed by atoms with Crippen LogP contribution in [0.15, 0.2) is 46.9 Å². The maximum absolute atomic E-state index is 12.9. The molecule has 0 unspecified atom stereocenters. The second-order valence-electron chi connectivity index (χ2n) is 8.00. The molecule has 1 aromatic heterocycles. The fourth-order valence-corrected chi connectivity index (χ4v) is 3.97. The molecule has 9 heteroatoms. The monoisotopic (exact) mass is 488 g/mol. The van der Waals surface area contributed by atoms with Gasteiger partial charge in [-0.15, -0.1) is 0 Å². The van der Waals surface area contributed by atoms with E-state index < -0.39 is 0 Å². The second kappa shape index (κ2) is 11.3. The molecule has 2 aromatic carbocycles. The van der Waals surface area contributed by atoms with Gasteiger partial charge in [-0.2, -0.15) is 10.2 Å². The average Bonchev–Trinajstić information content (AvgIpc) is 3.35. The maximum atomic E-state index is 12.9. The summed E-state index contributed by atoms with van der Waals surface area (Å²) >= 11 is 0. The fourth-order valence-electron chi connectivity index (χ4n) is 3.97. The Hall–Kier alpha value is -4.45. The fraction of sp³-hybridized carbons (Fsp3) is 0.296. The number of oxazole rings is 1. The van der Waals surface area contributed by atoms with Gasteiger partial charge in [-0.25, -0.2) is 0 Å². The lowest BCUT2D eigenvalue weighted by molar-refractivity contribution is 0.0745. The Morgan fingerprint density at radius 2 is 1.78 bits per heavy atom. The molecule has 1 saturated heterocycles. The molecule has 186 valence electrons. The zero-order valence-electron chi connectivity index (χ0n) is 20.6. The molecule has 0 aliphatic carbocycles. The van der Waals surface area contributed by atoms with Crippen LogP contribution in [0.1, 0.15) is 34.4 Å². The molecule has 1 aliphatic rings. The van der Waals surface area contributed by atoms with Crippen molar-refractivity contribution in [3.63, 3.8) is 0 Å². The molecule has 36 heavy (non-hydrogen) atoms. The summed E-state index contributed by atoms with van der Waals surface area (Å²) in [5.74, 6) is 2.70. The molecule has 4 rings (SSSR count). The van der Waals surface area contributed by atoms with E-state index in [1.54, 1.807) is 49.5 Å². The van der Waals surface area contributed by atoms with E-state index in [1.165, 1.54) is 0 Å². The number of hydrogen-bond donors (Lipinski definition) is 0. The summed E-state index contributed by atoms with van der Waals surface area (Å²) in [6, 6.07) is 14.8. The zero-order valence-corrected chi connectivity index (χ0v) is 20.6. The Bertz CT molecular complexity index is 1270. The number of nitrogens with zero attached hydrogens (tertiary/aromatic N) is 4. The molecule has 1 fully saturated rings. The SMILES string of the molecule is CCOc1ccc(C(=O)N2CCN(c3oc(/C=C/c4ccc(OC)c(OC)c4)nc3C#N)CC2)cc1. The van der Waals surface area contributed by atoms with Crippen molar-refractivity contribution in [2.75, 3.05) is 51.9 Å². The third-order valence-electron chi connectivity index (χ3n) is 5.82. The van der Waals surface area contributed by atoms with E-state index in [4.69, 9.17) is 18.6 Å². The number of benzene rings is 2. The quantitative estimate of drug-likeness (QED) is 0.467. The van der Waals surface area contributed by atoms with Crippen molar-refractivity contribution in [2.45, 2.75) is 6.92 Å². The van der Waals surface area contributed by atoms with Crippen LogP contribution in [0.3, 0.4) is 0 Å². The van der Waals surface area contributed by atoms with Crippen molar-refractivity contribution in [1.29, 1.82) is 5.26 Å². The van der Waals surface area contributed by atoms with Crippen LogP contribution in [0.5, 0.6) is 17.2 Å². The highest BCUT2D eigenvalue weighted by Gasteiger charge is 2.26. The Kier molecular flexibility index (Phi) is 7.75. The van der Waals surface area contributed by atoms with Crippen LogP contribution in [-0.2, 0) is 0 Å². The Balaban J connectivity index is 1.41. The first kappa shape index (κ1) is 24.7. The normalized spacial score (nSPS) is 13.5. The van der Waals surface area contributed by atoms with Gasteiger partial charge in [0.15, 0.2) is 11.5 Å². The Morgan fingerprint density at radius 1 is 1.06 bits per heavy atom. The van der Waals surface area contributed by atoms with Crippen LogP contribution in [-0.4, -0.2) is 62.8 Å². The number of rotatable bonds is 8. The zero-order chi connectivity index (χ0) is 25.5. The van der Waals surface area contributed by atoms with Crippen LogP contribution < -0.4 is 19.1 Å². The van der Waals surface area contributed by atoms with Gasteiger partial charge in [0, 0.05) is 37.8 Å². The van der Waals surface area contributed by atoms with Crippen LogP contribution in [0.4, 0.5) is 5.88 Å². The van der Waals surface area contributed by atoms with E-state index in [1.807, 2.05) is 36.1 Å². The Labute approximate surface area is 210 Å². The van der Waals surface area contributed by atoms with E-state index in [0.717, 1.165) is 11.3 Å². The number of aromatic nitrogens is 1. The number of hydrogen-bond acceptors (Lipinski definition) is 8. The summed E-state index contributed by atoms with van der Waals surface area (Å²) in [6.07, 6.45) is 3.53. The molecule has 0 saturated carbocycles. The third-order valence-corrected chi connectivity index (χ3v) is 5.82. The van der Waals surface area contributed by atoms with Gasteiger partial charge < -0.3 is 28.4 Å². The highest BCUT2D eigenvalue weighted by molar-refractivity contribution is 5.94. The predicted octanol–water partition coefficient (Wildman–Crippen LogP) is 4.09. The van der Waals surface area contributed by atoms with Crippen molar-refractivity contribution in [2.24, 2.45) is 0 Å². The minimum absolute atomic E-state index is 0.0330. The predicted molar refractivity (Wildman–Crippen MR) is 135 cm³/mol. The van der Waals surface area contributed by atoms with E-state index in [2.05, 4.69) is 11.1 Å². The molecule has 0 N–H and O–H groups in total. The lowest BCUT2D eigenvalue weighted by atomic mass is 10.1. The molecule has 1 amide bonds. The standard InChI is InChI=1S/C27H28N4O5/c1-4-35-21-9-7-20(8-10-21)26(32)30-13-15-31(16-14-30)27-22(18-28)29-25(36-27)12-6-19-5-11-23(33-2)24(17-19)34-3/h5-12,17H,4,13-16H2,1-3H3/b12-6+. The van der Waals surface area contributed by atoms with Gasteiger partial charge in [-0.3, -0.25) is 4.79 Å². The van der Waals surface area contributed by atoms with Gasteiger partial charge in [0.1, 0.15) is 11.8 Å². The van der Waals surface area contributed by atoms with Gasteiger partial charge in [0.2, 0.25) is 17.5 Å². The molecule has 2 heterocycles. The van der Waals surface area contributed by atoms with Gasteiger partial charge in [0.25, 0.3) is 5.91 Å². The van der Waals surface area contributed by atoms with Crippen molar-refractivity contribution >= 4 is 23.9 Å². The number of carbonyl (C=O) groups excluding carboxylic acids is 1. The minimum atomic E-state index is -0.0330. The van der Waals surface area contributed by atoms with Crippen LogP contribution in [0.25, 0.3) is 12.2 Å². The van der Waals surface area contributed by atoms with E-state index >= 15 is 0 Å². The number of carbonyl (C=O) groups is 1. The number of amides is 1. The molecule has 1 aliphatic heterocycles. The van der Waals surface area contributed by atoms with E-state index in [9.17, 15) is 10.1 Å². The molecule has 9 nitrogen and oxygen atoms in total. The lowest BCUT2D eigenvalue weighted by Crippen LogP contribution is -2.48. The first-order valence-electron chi connectivity index (χ1n) is 11.6. The summed E-state index contributed by atoms with van der Waals surface area (Å²) in [4.78, 5) is 21.0. The first-order valence-corrected chi connectivity index (χ1v) is 11.6. The molecule has 0 radical (unpaired) electrons. The van der Waals surface area contributed by atoms with Crippen molar-refractivity contribution in [3.05, 3.63) is 65.2 Å². The van der Waals surface area contributed by atoms with Crippen molar-refractivity contribution in [1.82, 2.24) is 9.88 Å². The number of piperazine rings is 1. The summed E-state index contributed by atoms with van der Waals surface area (Å²) in [7, 11) is 3.16. The number of anilines is 1. The molecule has 0 spiro atoms. The van der Waals surface area contributed by atoms with Crippen LogP contribution in [0.2, 0.25) is 0 Å². The number of ether oxygens (including phenoxy) is 3. The van der Waals surface area contributed by atoms with Gasteiger partial charge in [-0.05, 0) is 55.0 Å². The van der Waals surface area contributed by atoms with E-state index in [0.29, 0.717) is 61.6 Å². The van der Waals surface area contributed by atoms with Gasteiger partial charge in [-0.1, -0.05) is 6.07 Å². The molecular weight excluding hydrogens is 460 g/mol. The van der Waals surface area contributed by atoms with E-state index in [-0.39, 0.29) is 11.6 Å². The largest absolute Gasteiger partial charge is 0.494 e. The topological polar surface area (TPSA) is 101 Å². The molecular formula is C27H28N4O5. The third kappa shape index (κ3) is 5.44. The van der Waals surface area contributed by atoms with Crippen molar-refractivity contribution < 1.29 is 23.4 Å². The highest BCUT2D eigenvalue weighted by Crippen LogP contribution is 2.29. The maximum Gasteiger partial charge on any atom is 0.253 e. The molecule has 0 bridgehead atoms. The molecule has 0 atom stereocenters. The average molecular weight is 489 g/mol. The van der Waals surface area contributed by atoms with Gasteiger partial charge >= 0.3 is 0 Å². The first-order chi connectivity index (χ1) is 17.6. The molecule has 3 aromatic rings. The summed E-state index contributed by atoms with van der Waals surface area (Å²) in [6.45, 7) is 4.58. The van der Waals surface area contributed by atoms with Crippen molar-refractivity contribution in [3.8, 4) is 23.3 Å². The van der Waals surface area contributed by atoms with Gasteiger partial charge in [0.05, 0.1) is 20.8 Å². The second-order valence-corrected chi connectivity index (χ2v) is 8.00. The summed E-state index contributed by atoms with van der Waals surface area (Å²) in [5.41, 5.74) is 1.70.